The summed E-state index contributed by atoms with van der Waals surface area (Å²) in [6, 6.07) is 0.868. The van der Waals surface area contributed by atoms with Crippen LogP contribution < -0.4 is 11.5 Å². The minimum atomic E-state index is 0. The van der Waals surface area contributed by atoms with E-state index < -0.39 is 0 Å². The first-order chi connectivity index (χ1) is 11.2. The van der Waals surface area contributed by atoms with Gasteiger partial charge in [-0.25, -0.2) is 0 Å². The SMILES string of the molecule is CCCCCCCC(N)CCCCCC(N)CCCCCCC.Cl.Cl. The number of hydrogen-bond donors (Lipinski definition) is 2. The van der Waals surface area contributed by atoms with E-state index in [1.54, 1.807) is 0 Å². The molecular weight excluding hydrogens is 351 g/mol. The molecule has 4 N–H and O–H groups in total. The Balaban J connectivity index is -0.00000242. The number of unbranched alkanes of at least 4 members (excludes halogenated alkanes) is 10. The molecule has 0 aliphatic heterocycles. The zero-order valence-electron chi connectivity index (χ0n) is 17.1. The largest absolute Gasteiger partial charge is 0.328 e. The highest BCUT2D eigenvalue weighted by Gasteiger charge is 2.04. The molecule has 2 atom stereocenters. The van der Waals surface area contributed by atoms with E-state index in [2.05, 4.69) is 13.8 Å². The Labute approximate surface area is 171 Å². The van der Waals surface area contributed by atoms with Crippen molar-refractivity contribution in [3.63, 3.8) is 0 Å². The summed E-state index contributed by atoms with van der Waals surface area (Å²) >= 11 is 0. The maximum Gasteiger partial charge on any atom is 0.00388 e. The molecule has 2 unspecified atom stereocenters. The third kappa shape index (κ3) is 24.5. The molecule has 0 radical (unpaired) electrons. The average Bonchev–Trinajstić information content (AvgIpc) is 2.54. The van der Waals surface area contributed by atoms with E-state index in [9.17, 15) is 0 Å². The number of halogens is 2. The molecule has 0 saturated carbocycles. The fraction of sp³-hybridized carbons (Fsp3) is 1.00. The Morgan fingerprint density at radius 3 is 0.960 bits per heavy atom. The van der Waals surface area contributed by atoms with Gasteiger partial charge in [-0.1, -0.05) is 97.3 Å². The van der Waals surface area contributed by atoms with Gasteiger partial charge in [0.25, 0.3) is 0 Å². The fourth-order valence-electron chi connectivity index (χ4n) is 3.30. The molecule has 0 aromatic rings. The van der Waals surface area contributed by atoms with Crippen molar-refractivity contribution in [3.8, 4) is 0 Å². The van der Waals surface area contributed by atoms with Gasteiger partial charge in [0.15, 0.2) is 0 Å². The first kappa shape index (κ1) is 30.2. The van der Waals surface area contributed by atoms with Gasteiger partial charge in [0, 0.05) is 12.1 Å². The van der Waals surface area contributed by atoms with E-state index in [1.807, 2.05) is 0 Å². The monoisotopic (exact) mass is 398 g/mol. The van der Waals surface area contributed by atoms with Crippen molar-refractivity contribution in [1.82, 2.24) is 0 Å². The van der Waals surface area contributed by atoms with Crippen molar-refractivity contribution in [3.05, 3.63) is 0 Å². The molecule has 0 aliphatic carbocycles. The van der Waals surface area contributed by atoms with Gasteiger partial charge in [-0.15, -0.1) is 24.8 Å². The summed E-state index contributed by atoms with van der Waals surface area (Å²) in [5.74, 6) is 0. The zero-order valence-corrected chi connectivity index (χ0v) is 18.8. The van der Waals surface area contributed by atoms with E-state index in [0.717, 1.165) is 0 Å². The van der Waals surface area contributed by atoms with Crippen molar-refractivity contribution in [2.24, 2.45) is 11.5 Å². The molecule has 25 heavy (non-hydrogen) atoms. The second-order valence-corrected chi connectivity index (χ2v) is 7.56. The highest BCUT2D eigenvalue weighted by Crippen LogP contribution is 2.14. The predicted molar refractivity (Wildman–Crippen MR) is 120 cm³/mol. The Kier molecular flexibility index (Phi) is 29.6. The van der Waals surface area contributed by atoms with Gasteiger partial charge < -0.3 is 11.5 Å². The van der Waals surface area contributed by atoms with Crippen LogP contribution in [0.2, 0.25) is 0 Å². The van der Waals surface area contributed by atoms with Crippen molar-refractivity contribution < 1.29 is 0 Å². The van der Waals surface area contributed by atoms with Crippen molar-refractivity contribution in [2.75, 3.05) is 0 Å². The smallest absolute Gasteiger partial charge is 0.00388 e. The van der Waals surface area contributed by atoms with E-state index in [-0.39, 0.29) is 24.8 Å². The predicted octanol–water partition coefficient (Wildman–Crippen LogP) is 7.16. The summed E-state index contributed by atoms with van der Waals surface area (Å²) in [6.45, 7) is 4.54. The summed E-state index contributed by atoms with van der Waals surface area (Å²) in [5.41, 5.74) is 12.4. The molecule has 4 heteroatoms. The van der Waals surface area contributed by atoms with Crippen LogP contribution in [0.1, 0.15) is 123 Å². The highest BCUT2D eigenvalue weighted by atomic mass is 35.5. The maximum atomic E-state index is 6.21. The van der Waals surface area contributed by atoms with Crippen LogP contribution in [0.15, 0.2) is 0 Å². The van der Waals surface area contributed by atoms with Crippen LogP contribution >= 0.6 is 24.8 Å². The topological polar surface area (TPSA) is 52.0 Å². The molecule has 0 aliphatic rings. The van der Waals surface area contributed by atoms with Crippen LogP contribution in [0, 0.1) is 0 Å². The zero-order chi connectivity index (χ0) is 17.2. The van der Waals surface area contributed by atoms with Gasteiger partial charge in [0.05, 0.1) is 0 Å². The van der Waals surface area contributed by atoms with Gasteiger partial charge in [-0.3, -0.25) is 0 Å². The van der Waals surface area contributed by atoms with Gasteiger partial charge >= 0.3 is 0 Å². The van der Waals surface area contributed by atoms with Crippen LogP contribution in [0.3, 0.4) is 0 Å². The second kappa shape index (κ2) is 24.5. The second-order valence-electron chi connectivity index (χ2n) is 7.56. The lowest BCUT2D eigenvalue weighted by molar-refractivity contribution is 0.464. The Hall–Kier alpha value is 0.500. The van der Waals surface area contributed by atoms with Crippen LogP contribution in [0.5, 0.6) is 0 Å². The quantitative estimate of drug-likeness (QED) is 0.240. The lowest BCUT2D eigenvalue weighted by Crippen LogP contribution is -2.20. The third-order valence-electron chi connectivity index (χ3n) is 5.01. The molecule has 0 heterocycles. The van der Waals surface area contributed by atoms with Gasteiger partial charge in [-0.2, -0.15) is 0 Å². The minimum absolute atomic E-state index is 0. The first-order valence-corrected chi connectivity index (χ1v) is 10.7. The molecule has 156 valence electrons. The summed E-state index contributed by atoms with van der Waals surface area (Å²) in [5, 5.41) is 0. The van der Waals surface area contributed by atoms with E-state index in [0.29, 0.717) is 12.1 Å². The van der Waals surface area contributed by atoms with Crippen LogP contribution in [-0.4, -0.2) is 12.1 Å². The number of hydrogen-bond acceptors (Lipinski definition) is 2. The van der Waals surface area contributed by atoms with Crippen molar-refractivity contribution >= 4 is 24.8 Å². The highest BCUT2D eigenvalue weighted by molar-refractivity contribution is 5.85. The van der Waals surface area contributed by atoms with Crippen LogP contribution in [-0.2, 0) is 0 Å². The average molecular weight is 400 g/mol. The summed E-state index contributed by atoms with van der Waals surface area (Å²) in [6.07, 6.45) is 22.3. The van der Waals surface area contributed by atoms with Crippen LogP contribution in [0.4, 0.5) is 0 Å². The van der Waals surface area contributed by atoms with E-state index in [4.69, 9.17) is 11.5 Å². The third-order valence-corrected chi connectivity index (χ3v) is 5.01. The van der Waals surface area contributed by atoms with Gasteiger partial charge in [-0.05, 0) is 25.7 Å². The van der Waals surface area contributed by atoms with Crippen molar-refractivity contribution in [2.45, 2.75) is 135 Å². The summed E-state index contributed by atoms with van der Waals surface area (Å²) in [4.78, 5) is 0. The normalized spacial score (nSPS) is 13.0. The molecule has 2 nitrogen and oxygen atoms in total. The maximum absolute atomic E-state index is 6.21. The molecule has 0 fully saturated rings. The molecule has 0 rings (SSSR count). The van der Waals surface area contributed by atoms with E-state index >= 15 is 0 Å². The molecule has 0 saturated heterocycles. The summed E-state index contributed by atoms with van der Waals surface area (Å²) in [7, 11) is 0. The number of nitrogens with two attached hydrogens (primary N) is 2. The standard InChI is InChI=1S/C21H46N2.2ClH/c1-3-5-7-9-12-16-20(22)18-14-11-15-19-21(23)17-13-10-8-6-4-2;;/h20-21H,3-19,22-23H2,1-2H3;2*1H. The Bertz CT molecular complexity index is 206. The molecular formula is C21H48Cl2N2. The van der Waals surface area contributed by atoms with Gasteiger partial charge in [0.1, 0.15) is 0 Å². The molecule has 0 spiro atoms. The lowest BCUT2D eigenvalue weighted by atomic mass is 9.99. The summed E-state index contributed by atoms with van der Waals surface area (Å²) < 4.78 is 0. The molecule has 0 bridgehead atoms. The first-order valence-electron chi connectivity index (χ1n) is 10.7. The molecule has 0 aromatic heterocycles. The Morgan fingerprint density at radius 1 is 0.440 bits per heavy atom. The minimum Gasteiger partial charge on any atom is -0.328 e. The fourth-order valence-corrected chi connectivity index (χ4v) is 3.30. The lowest BCUT2D eigenvalue weighted by Gasteiger charge is -2.13. The van der Waals surface area contributed by atoms with E-state index in [1.165, 1.54) is 109 Å². The van der Waals surface area contributed by atoms with Crippen molar-refractivity contribution in [1.29, 1.82) is 0 Å². The Morgan fingerprint density at radius 2 is 0.680 bits per heavy atom. The van der Waals surface area contributed by atoms with Gasteiger partial charge in [0.2, 0.25) is 0 Å². The van der Waals surface area contributed by atoms with Crippen LogP contribution in [0.25, 0.3) is 0 Å². The molecule has 0 amide bonds. The number of rotatable bonds is 18. The molecule has 0 aromatic carbocycles.